The fourth-order valence-corrected chi connectivity index (χ4v) is 0.869. The van der Waals surface area contributed by atoms with Crippen LogP contribution in [0, 0.1) is 0 Å². The van der Waals surface area contributed by atoms with Crippen molar-refractivity contribution in [1.82, 2.24) is 5.32 Å². The third kappa shape index (κ3) is 5.06. The number of aliphatic hydroxyl groups is 1. The molecular formula is C7H17N3O2. The Morgan fingerprint density at radius 2 is 2.25 bits per heavy atom. The lowest BCUT2D eigenvalue weighted by Gasteiger charge is -2.13. The summed E-state index contributed by atoms with van der Waals surface area (Å²) in [6.07, 6.45) is -0.0121. The Morgan fingerprint density at radius 1 is 1.67 bits per heavy atom. The lowest BCUT2D eigenvalue weighted by molar-refractivity contribution is -0.121. The number of rotatable bonds is 5. The van der Waals surface area contributed by atoms with Gasteiger partial charge in [-0.2, -0.15) is 0 Å². The van der Waals surface area contributed by atoms with E-state index in [9.17, 15) is 4.79 Å². The van der Waals surface area contributed by atoms with Gasteiger partial charge in [0.05, 0.1) is 6.10 Å². The molecular weight excluding hydrogens is 158 g/mol. The van der Waals surface area contributed by atoms with E-state index in [4.69, 9.17) is 16.6 Å². The summed E-state index contributed by atoms with van der Waals surface area (Å²) >= 11 is 0. The van der Waals surface area contributed by atoms with Gasteiger partial charge in [0.1, 0.15) is 0 Å². The molecule has 2 atom stereocenters. The van der Waals surface area contributed by atoms with Gasteiger partial charge < -0.3 is 21.9 Å². The fraction of sp³-hybridized carbons (Fsp3) is 0.857. The summed E-state index contributed by atoms with van der Waals surface area (Å²) < 4.78 is 0. The molecule has 0 aromatic carbocycles. The topological polar surface area (TPSA) is 101 Å². The van der Waals surface area contributed by atoms with Gasteiger partial charge in [0, 0.05) is 26.1 Å². The highest BCUT2D eigenvalue weighted by Crippen LogP contribution is 1.98. The van der Waals surface area contributed by atoms with Crippen LogP contribution in [0.2, 0.25) is 0 Å². The number of carbonyl (C=O) groups is 1. The van der Waals surface area contributed by atoms with Gasteiger partial charge in [-0.25, -0.2) is 0 Å². The molecule has 6 N–H and O–H groups in total. The number of nitrogens with one attached hydrogen (secondary N) is 1. The Kier molecular flexibility index (Phi) is 5.61. The molecule has 0 aliphatic carbocycles. The van der Waals surface area contributed by atoms with Crippen LogP contribution in [-0.2, 0) is 4.79 Å². The average molecular weight is 175 g/mol. The van der Waals surface area contributed by atoms with Crippen molar-refractivity contribution in [2.45, 2.75) is 25.0 Å². The highest BCUT2D eigenvalue weighted by molar-refractivity contribution is 5.76. The summed E-state index contributed by atoms with van der Waals surface area (Å²) in [5.74, 6) is -0.119. The van der Waals surface area contributed by atoms with Crippen molar-refractivity contribution in [3.63, 3.8) is 0 Å². The number of hydrogen-bond acceptors (Lipinski definition) is 4. The summed E-state index contributed by atoms with van der Waals surface area (Å²) in [5, 5.41) is 11.5. The van der Waals surface area contributed by atoms with Crippen LogP contribution in [0.15, 0.2) is 0 Å². The molecule has 0 unspecified atom stereocenters. The van der Waals surface area contributed by atoms with Crippen LogP contribution in [-0.4, -0.2) is 36.8 Å². The molecule has 0 rings (SSSR count). The Bertz CT molecular complexity index is 141. The molecule has 0 aliphatic rings. The summed E-state index contributed by atoms with van der Waals surface area (Å²) in [7, 11) is 1.55. The Labute approximate surface area is 72.1 Å². The molecule has 0 aromatic rings. The van der Waals surface area contributed by atoms with E-state index in [1.807, 2.05) is 0 Å². The van der Waals surface area contributed by atoms with Gasteiger partial charge >= 0.3 is 0 Å². The third-order valence-corrected chi connectivity index (χ3v) is 1.57. The van der Waals surface area contributed by atoms with E-state index >= 15 is 0 Å². The quantitative estimate of drug-likeness (QED) is 0.394. The zero-order valence-electron chi connectivity index (χ0n) is 7.29. The van der Waals surface area contributed by atoms with Gasteiger partial charge in [-0.1, -0.05) is 0 Å². The fourth-order valence-electron chi connectivity index (χ4n) is 0.869. The van der Waals surface area contributed by atoms with E-state index in [-0.39, 0.29) is 24.9 Å². The van der Waals surface area contributed by atoms with E-state index in [2.05, 4.69) is 5.32 Å². The van der Waals surface area contributed by atoms with Crippen molar-refractivity contribution < 1.29 is 9.90 Å². The molecule has 12 heavy (non-hydrogen) atoms. The predicted molar refractivity (Wildman–Crippen MR) is 46.3 cm³/mol. The summed E-state index contributed by atoms with van der Waals surface area (Å²) in [4.78, 5) is 10.8. The molecule has 0 aromatic heterocycles. The monoisotopic (exact) mass is 175 g/mol. The molecule has 0 fully saturated rings. The first-order valence-electron chi connectivity index (χ1n) is 3.94. The molecule has 0 spiro atoms. The van der Waals surface area contributed by atoms with Gasteiger partial charge in [-0.3, -0.25) is 4.79 Å². The average Bonchev–Trinajstić information content (AvgIpc) is 2.03. The van der Waals surface area contributed by atoms with Crippen molar-refractivity contribution in [3.05, 3.63) is 0 Å². The van der Waals surface area contributed by atoms with Gasteiger partial charge in [-0.15, -0.1) is 0 Å². The molecule has 0 bridgehead atoms. The molecule has 0 heterocycles. The van der Waals surface area contributed by atoms with Gasteiger partial charge in [0.15, 0.2) is 0 Å². The predicted octanol–water partition coefficient (Wildman–Crippen LogP) is -1.84. The zero-order chi connectivity index (χ0) is 9.56. The third-order valence-electron chi connectivity index (χ3n) is 1.57. The molecule has 0 aliphatic heterocycles. The number of carbonyl (C=O) groups excluding carboxylic acids is 1. The lowest BCUT2D eigenvalue weighted by atomic mass is 10.1. The molecule has 5 heteroatoms. The van der Waals surface area contributed by atoms with Crippen LogP contribution in [0.1, 0.15) is 12.8 Å². The number of aliphatic hydroxyl groups excluding tert-OH is 1. The van der Waals surface area contributed by atoms with Crippen LogP contribution in [0.5, 0.6) is 0 Å². The Balaban J connectivity index is 3.58. The van der Waals surface area contributed by atoms with E-state index < -0.39 is 6.10 Å². The molecule has 0 radical (unpaired) electrons. The van der Waals surface area contributed by atoms with Gasteiger partial charge in [-0.05, 0) is 6.42 Å². The normalized spacial score (nSPS) is 15.3. The molecule has 0 saturated carbocycles. The largest absolute Gasteiger partial charge is 0.392 e. The first-order valence-corrected chi connectivity index (χ1v) is 3.94. The minimum Gasteiger partial charge on any atom is -0.392 e. The van der Waals surface area contributed by atoms with Crippen molar-refractivity contribution in [1.29, 1.82) is 0 Å². The first kappa shape index (κ1) is 11.4. The Hall–Kier alpha value is -0.650. The van der Waals surface area contributed by atoms with Crippen molar-refractivity contribution in [2.24, 2.45) is 11.5 Å². The van der Waals surface area contributed by atoms with Crippen LogP contribution >= 0.6 is 0 Å². The smallest absolute Gasteiger partial charge is 0.221 e. The maximum atomic E-state index is 10.8. The van der Waals surface area contributed by atoms with E-state index in [1.165, 1.54) is 0 Å². The maximum absolute atomic E-state index is 10.8. The van der Waals surface area contributed by atoms with Crippen molar-refractivity contribution in [3.8, 4) is 0 Å². The molecule has 72 valence electrons. The van der Waals surface area contributed by atoms with E-state index in [1.54, 1.807) is 7.05 Å². The SMILES string of the molecule is CNC(=O)C[C@H](N)C[C@@H](O)CN. The minimum atomic E-state index is -0.607. The summed E-state index contributed by atoms with van der Waals surface area (Å²) in [6, 6.07) is -0.316. The van der Waals surface area contributed by atoms with Crippen LogP contribution < -0.4 is 16.8 Å². The van der Waals surface area contributed by atoms with Crippen molar-refractivity contribution >= 4 is 5.91 Å². The lowest BCUT2D eigenvalue weighted by Crippen LogP contribution is -2.34. The Morgan fingerprint density at radius 3 is 2.67 bits per heavy atom. The second-order valence-corrected chi connectivity index (χ2v) is 2.76. The standard InChI is InChI=1S/C7H17N3O2/c1-10-7(12)3-5(9)2-6(11)4-8/h5-6,11H,2-4,8-9H2,1H3,(H,10,12)/t5-,6-/m1/s1. The van der Waals surface area contributed by atoms with Crippen LogP contribution in [0.4, 0.5) is 0 Å². The molecule has 0 saturated heterocycles. The maximum Gasteiger partial charge on any atom is 0.221 e. The van der Waals surface area contributed by atoms with Crippen molar-refractivity contribution in [2.75, 3.05) is 13.6 Å². The second-order valence-electron chi connectivity index (χ2n) is 2.76. The van der Waals surface area contributed by atoms with E-state index in [0.717, 1.165) is 0 Å². The zero-order valence-corrected chi connectivity index (χ0v) is 7.29. The number of hydrogen-bond donors (Lipinski definition) is 4. The summed E-state index contributed by atoms with van der Waals surface area (Å²) in [5.41, 5.74) is 10.7. The van der Waals surface area contributed by atoms with Crippen LogP contribution in [0.25, 0.3) is 0 Å². The number of amides is 1. The first-order chi connectivity index (χ1) is 5.60. The number of nitrogens with two attached hydrogens (primary N) is 2. The van der Waals surface area contributed by atoms with Gasteiger partial charge in [0.25, 0.3) is 0 Å². The van der Waals surface area contributed by atoms with E-state index in [0.29, 0.717) is 6.42 Å². The highest BCUT2D eigenvalue weighted by atomic mass is 16.3. The second kappa shape index (κ2) is 5.93. The van der Waals surface area contributed by atoms with Gasteiger partial charge in [0.2, 0.25) is 5.91 Å². The minimum absolute atomic E-state index is 0.119. The highest BCUT2D eigenvalue weighted by Gasteiger charge is 2.11. The molecule has 5 nitrogen and oxygen atoms in total. The summed E-state index contributed by atoms with van der Waals surface area (Å²) in [6.45, 7) is 0.182. The van der Waals surface area contributed by atoms with Crippen LogP contribution in [0.3, 0.4) is 0 Å². The molecule has 1 amide bonds.